The van der Waals surface area contributed by atoms with E-state index in [1.165, 1.54) is 24.3 Å². The second-order valence-corrected chi connectivity index (χ2v) is 4.68. The summed E-state index contributed by atoms with van der Waals surface area (Å²) < 4.78 is 27.3. The van der Waals surface area contributed by atoms with Crippen LogP contribution in [0.2, 0.25) is 0 Å². The maximum Gasteiger partial charge on any atom is 0.292 e. The topological polar surface area (TPSA) is 72.2 Å². The van der Waals surface area contributed by atoms with Crippen LogP contribution in [0.1, 0.15) is 13.8 Å². The number of rotatable bonds is 5. The quantitative estimate of drug-likeness (QED) is 0.512. The molecule has 1 aromatic rings. The zero-order chi connectivity index (χ0) is 15.6. The first-order chi connectivity index (χ1) is 9.13. The Morgan fingerprint density at radius 2 is 1.95 bits per heavy atom. The zero-order valence-electron chi connectivity index (χ0n) is 11.0. The molecule has 1 N–H and O–H groups in total. The van der Waals surface area contributed by atoms with Gasteiger partial charge in [0.15, 0.2) is 0 Å². The molecule has 0 unspecified atom stereocenters. The molecule has 0 saturated heterocycles. The van der Waals surface area contributed by atoms with Gasteiger partial charge < -0.3 is 5.32 Å². The number of alkyl halides is 2. The van der Waals surface area contributed by atoms with Crippen molar-refractivity contribution in [3.63, 3.8) is 0 Å². The predicted molar refractivity (Wildman–Crippen MR) is 70.7 cm³/mol. The number of amides is 1. The fourth-order valence-electron chi connectivity index (χ4n) is 1.42. The molecule has 1 aromatic carbocycles. The Morgan fingerprint density at radius 3 is 2.45 bits per heavy atom. The van der Waals surface area contributed by atoms with Crippen molar-refractivity contribution in [1.82, 2.24) is 0 Å². The van der Waals surface area contributed by atoms with Gasteiger partial charge in [-0.05, 0) is 26.0 Å². The highest BCUT2D eigenvalue weighted by Gasteiger charge is 2.50. The summed E-state index contributed by atoms with van der Waals surface area (Å²) >= 11 is 0. The van der Waals surface area contributed by atoms with E-state index in [1.807, 2.05) is 0 Å². The SMILES string of the molecule is C=CC(F)(F)C(C)(C)C(=O)Nc1ccccc1[N+](=O)[O-]. The van der Waals surface area contributed by atoms with Crippen LogP contribution in [0.3, 0.4) is 0 Å². The van der Waals surface area contributed by atoms with Gasteiger partial charge in [0, 0.05) is 6.07 Å². The number of halogens is 2. The number of hydrogen-bond acceptors (Lipinski definition) is 3. The summed E-state index contributed by atoms with van der Waals surface area (Å²) in [5, 5.41) is 13.0. The molecular weight excluding hydrogens is 270 g/mol. The number of carbonyl (C=O) groups excluding carboxylic acids is 1. The van der Waals surface area contributed by atoms with Crippen LogP contribution in [0.25, 0.3) is 0 Å². The number of allylic oxidation sites excluding steroid dienone is 1. The average Bonchev–Trinajstić information content (AvgIpc) is 2.38. The van der Waals surface area contributed by atoms with Crippen LogP contribution in [0.15, 0.2) is 36.9 Å². The minimum absolute atomic E-state index is 0.129. The van der Waals surface area contributed by atoms with E-state index >= 15 is 0 Å². The third-order valence-corrected chi connectivity index (χ3v) is 3.01. The average molecular weight is 284 g/mol. The molecule has 0 spiro atoms. The molecule has 20 heavy (non-hydrogen) atoms. The fraction of sp³-hybridized carbons (Fsp3) is 0.308. The maximum atomic E-state index is 13.6. The van der Waals surface area contributed by atoms with Crippen molar-refractivity contribution in [2.75, 3.05) is 5.32 Å². The molecular formula is C13H14F2N2O3. The largest absolute Gasteiger partial charge is 0.320 e. The highest BCUT2D eigenvalue weighted by molar-refractivity contribution is 5.97. The van der Waals surface area contributed by atoms with Crippen molar-refractivity contribution in [3.8, 4) is 0 Å². The molecule has 0 saturated carbocycles. The molecule has 0 bridgehead atoms. The van der Waals surface area contributed by atoms with E-state index in [4.69, 9.17) is 0 Å². The number of nitro groups is 1. The van der Waals surface area contributed by atoms with Gasteiger partial charge in [0.25, 0.3) is 11.6 Å². The van der Waals surface area contributed by atoms with E-state index in [9.17, 15) is 23.7 Å². The normalized spacial score (nSPS) is 11.8. The zero-order valence-corrected chi connectivity index (χ0v) is 11.0. The van der Waals surface area contributed by atoms with Crippen LogP contribution in [0.5, 0.6) is 0 Å². The number of nitro benzene ring substituents is 1. The summed E-state index contributed by atoms with van der Waals surface area (Å²) in [4.78, 5) is 22.0. The minimum Gasteiger partial charge on any atom is -0.320 e. The molecule has 1 rings (SSSR count). The van der Waals surface area contributed by atoms with Gasteiger partial charge in [0.2, 0.25) is 5.91 Å². The molecule has 0 aliphatic rings. The monoisotopic (exact) mass is 284 g/mol. The van der Waals surface area contributed by atoms with Gasteiger partial charge in [0.05, 0.1) is 4.92 Å². The molecule has 0 aromatic heterocycles. The van der Waals surface area contributed by atoms with Gasteiger partial charge in [-0.2, -0.15) is 0 Å². The number of nitrogens with zero attached hydrogens (tertiary/aromatic N) is 1. The molecule has 0 atom stereocenters. The smallest absolute Gasteiger partial charge is 0.292 e. The maximum absolute atomic E-state index is 13.6. The number of anilines is 1. The van der Waals surface area contributed by atoms with E-state index in [-0.39, 0.29) is 11.4 Å². The Hall–Kier alpha value is -2.31. The minimum atomic E-state index is -3.44. The van der Waals surface area contributed by atoms with Gasteiger partial charge in [-0.1, -0.05) is 18.7 Å². The van der Waals surface area contributed by atoms with Gasteiger partial charge in [-0.25, -0.2) is 8.78 Å². The summed E-state index contributed by atoms with van der Waals surface area (Å²) in [6.07, 6.45) is 0.381. The number of nitrogens with one attached hydrogen (secondary N) is 1. The third kappa shape index (κ3) is 2.81. The second kappa shape index (κ2) is 5.36. The number of hydrogen-bond donors (Lipinski definition) is 1. The van der Waals surface area contributed by atoms with Gasteiger partial charge >= 0.3 is 0 Å². The van der Waals surface area contributed by atoms with E-state index < -0.39 is 22.2 Å². The first kappa shape index (κ1) is 15.7. The fourth-order valence-corrected chi connectivity index (χ4v) is 1.42. The van der Waals surface area contributed by atoms with E-state index in [0.717, 1.165) is 13.8 Å². The lowest BCUT2D eigenvalue weighted by Gasteiger charge is -2.30. The van der Waals surface area contributed by atoms with Crippen LogP contribution in [-0.4, -0.2) is 16.8 Å². The summed E-state index contributed by atoms with van der Waals surface area (Å²) in [6.45, 7) is 5.08. The third-order valence-electron chi connectivity index (χ3n) is 3.01. The van der Waals surface area contributed by atoms with E-state index in [2.05, 4.69) is 11.9 Å². The molecule has 0 fully saturated rings. The van der Waals surface area contributed by atoms with Gasteiger partial charge in [-0.15, -0.1) is 0 Å². The Balaban J connectivity index is 3.09. The van der Waals surface area contributed by atoms with E-state index in [1.54, 1.807) is 0 Å². The number of carbonyl (C=O) groups is 1. The molecule has 0 aliphatic carbocycles. The Bertz CT molecular complexity index is 556. The number of para-hydroxylation sites is 2. The van der Waals surface area contributed by atoms with Gasteiger partial charge in [0.1, 0.15) is 11.1 Å². The Labute approximate surface area is 114 Å². The van der Waals surface area contributed by atoms with Crippen molar-refractivity contribution >= 4 is 17.3 Å². The van der Waals surface area contributed by atoms with Gasteiger partial charge in [-0.3, -0.25) is 14.9 Å². The van der Waals surface area contributed by atoms with E-state index in [0.29, 0.717) is 6.08 Å². The first-order valence-electron chi connectivity index (χ1n) is 5.70. The second-order valence-electron chi connectivity index (χ2n) is 4.68. The van der Waals surface area contributed by atoms with Crippen LogP contribution in [0, 0.1) is 15.5 Å². The number of benzene rings is 1. The molecule has 5 nitrogen and oxygen atoms in total. The van der Waals surface area contributed by atoms with Crippen molar-refractivity contribution in [3.05, 3.63) is 47.0 Å². The Morgan fingerprint density at radius 1 is 1.40 bits per heavy atom. The van der Waals surface area contributed by atoms with Crippen molar-refractivity contribution in [2.24, 2.45) is 5.41 Å². The first-order valence-corrected chi connectivity index (χ1v) is 5.70. The van der Waals surface area contributed by atoms with Crippen LogP contribution >= 0.6 is 0 Å². The van der Waals surface area contributed by atoms with Crippen LogP contribution < -0.4 is 5.32 Å². The van der Waals surface area contributed by atoms with Crippen LogP contribution in [0.4, 0.5) is 20.2 Å². The lowest BCUT2D eigenvalue weighted by molar-refractivity contribution is -0.383. The summed E-state index contributed by atoms with van der Waals surface area (Å²) in [5.41, 5.74) is -2.58. The Kier molecular flexibility index (Phi) is 4.22. The predicted octanol–water partition coefficient (Wildman–Crippen LogP) is 3.38. The molecule has 108 valence electrons. The molecule has 1 amide bonds. The highest BCUT2D eigenvalue weighted by Crippen LogP contribution is 2.38. The van der Waals surface area contributed by atoms with Crippen molar-refractivity contribution in [2.45, 2.75) is 19.8 Å². The molecule has 0 radical (unpaired) electrons. The van der Waals surface area contributed by atoms with Crippen LogP contribution in [-0.2, 0) is 4.79 Å². The summed E-state index contributed by atoms with van der Waals surface area (Å²) in [5.74, 6) is -4.47. The lowest BCUT2D eigenvalue weighted by atomic mass is 9.84. The standard InChI is InChI=1S/C13H14F2N2O3/c1-4-13(14,15)12(2,3)11(18)16-9-7-5-6-8-10(9)17(19)20/h4-8H,1H2,2-3H3,(H,16,18). The lowest BCUT2D eigenvalue weighted by Crippen LogP contribution is -2.44. The van der Waals surface area contributed by atoms with Crippen molar-refractivity contribution < 1.29 is 18.5 Å². The summed E-state index contributed by atoms with van der Waals surface area (Å²) in [7, 11) is 0. The molecule has 7 heteroatoms. The van der Waals surface area contributed by atoms with Crippen molar-refractivity contribution in [1.29, 1.82) is 0 Å². The highest BCUT2D eigenvalue weighted by atomic mass is 19.3. The summed E-state index contributed by atoms with van der Waals surface area (Å²) in [6, 6.07) is 5.32. The molecule has 0 heterocycles. The molecule has 0 aliphatic heterocycles.